The summed E-state index contributed by atoms with van der Waals surface area (Å²) in [6, 6.07) is 4.56. The molecule has 1 fully saturated rings. The Kier molecular flexibility index (Phi) is 5.46. The van der Waals surface area contributed by atoms with E-state index in [1.54, 1.807) is 6.07 Å². The molecule has 11 heteroatoms. The minimum atomic E-state index is -4.86. The van der Waals surface area contributed by atoms with E-state index in [4.69, 9.17) is 0 Å². The minimum absolute atomic E-state index is 0.0688. The zero-order valence-corrected chi connectivity index (χ0v) is 16.8. The molecular weight excluding hydrogens is 418 g/mol. The average Bonchev–Trinajstić information content (AvgIpc) is 2.71. The third kappa shape index (κ3) is 4.27. The van der Waals surface area contributed by atoms with Crippen LogP contribution in [0.25, 0.3) is 11.3 Å². The number of carbonyl (C=O) groups is 1. The van der Waals surface area contributed by atoms with Crippen molar-refractivity contribution in [3.8, 4) is 11.3 Å². The van der Waals surface area contributed by atoms with Crippen LogP contribution in [0.1, 0.15) is 37.3 Å². The van der Waals surface area contributed by atoms with Crippen molar-refractivity contribution in [2.45, 2.75) is 38.3 Å². The molecule has 3 atom stereocenters. The van der Waals surface area contributed by atoms with Crippen LogP contribution in [0, 0.1) is 0 Å². The molecule has 7 nitrogen and oxygen atoms in total. The maximum absolute atomic E-state index is 14.3. The molecule has 2 aromatic rings. The van der Waals surface area contributed by atoms with Crippen LogP contribution < -0.4 is 15.5 Å². The second-order valence-corrected chi connectivity index (χ2v) is 7.63. The summed E-state index contributed by atoms with van der Waals surface area (Å²) in [5.41, 5.74) is 0.154. The van der Waals surface area contributed by atoms with Crippen LogP contribution in [-0.4, -0.2) is 47.9 Å². The first kappa shape index (κ1) is 21.3. The fourth-order valence-electron chi connectivity index (χ4n) is 3.79. The maximum atomic E-state index is 14.3. The molecule has 4 heterocycles. The smallest absolute Gasteiger partial charge is 0.430 e. The molecule has 166 valence electrons. The fourth-order valence-corrected chi connectivity index (χ4v) is 3.79. The molecule has 0 aliphatic carbocycles. The van der Waals surface area contributed by atoms with Gasteiger partial charge < -0.3 is 15.0 Å². The number of hydrogen-bond donors (Lipinski definition) is 2. The Balaban J connectivity index is 1.87. The Bertz CT molecular complexity index is 998. The number of alkyl halides is 4. The SMILES string of the molecule is CC(F)c1cc(-c2ccnc3c2[C@H](C(F)(F)F)OC(=O)N3)nc(N2CCN[C@@H](C)C2)c1. The number of aromatic nitrogens is 2. The lowest BCUT2D eigenvalue weighted by atomic mass is 9.97. The van der Waals surface area contributed by atoms with Gasteiger partial charge >= 0.3 is 12.3 Å². The molecule has 0 saturated carbocycles. The standard InChI is InChI=1S/C20H21F4N5O2/c1-10-9-29(6-5-25-10)15-8-12(11(2)21)7-14(27-15)13-3-4-26-18-16(13)17(20(22,23)24)31-19(30)28-18/h3-4,7-8,10-11,17,25H,5-6,9H2,1-2H3,(H,26,28,30)/t10-,11?,17+/m0/s1. The normalized spacial score (nSPS) is 22.4. The Labute approximate surface area is 175 Å². The summed E-state index contributed by atoms with van der Waals surface area (Å²) in [7, 11) is 0. The number of piperazine rings is 1. The number of halogens is 4. The van der Waals surface area contributed by atoms with Crippen molar-refractivity contribution in [3.05, 3.63) is 35.5 Å². The van der Waals surface area contributed by atoms with Crippen LogP contribution in [0.5, 0.6) is 0 Å². The summed E-state index contributed by atoms with van der Waals surface area (Å²) in [6.45, 7) is 5.30. The Morgan fingerprint density at radius 2 is 2.10 bits per heavy atom. The first-order valence-corrected chi connectivity index (χ1v) is 9.81. The van der Waals surface area contributed by atoms with Gasteiger partial charge in [-0.05, 0) is 37.6 Å². The van der Waals surface area contributed by atoms with Gasteiger partial charge in [0, 0.05) is 37.4 Å². The highest BCUT2D eigenvalue weighted by molar-refractivity contribution is 5.89. The van der Waals surface area contributed by atoms with Gasteiger partial charge in [0.25, 0.3) is 0 Å². The number of hydrogen-bond acceptors (Lipinski definition) is 6. The number of pyridine rings is 2. The molecule has 0 bridgehead atoms. The molecule has 0 aromatic carbocycles. The number of rotatable bonds is 3. The molecule has 2 aromatic heterocycles. The fraction of sp³-hybridized carbons (Fsp3) is 0.450. The van der Waals surface area contributed by atoms with E-state index in [2.05, 4.69) is 25.3 Å². The second kappa shape index (κ2) is 7.95. The highest BCUT2D eigenvalue weighted by atomic mass is 19.4. The lowest BCUT2D eigenvalue weighted by Gasteiger charge is -2.33. The summed E-state index contributed by atoms with van der Waals surface area (Å²) >= 11 is 0. The number of amides is 1. The lowest BCUT2D eigenvalue weighted by molar-refractivity contribution is -0.206. The largest absolute Gasteiger partial charge is 0.431 e. The molecule has 2 N–H and O–H groups in total. The molecule has 31 heavy (non-hydrogen) atoms. The lowest BCUT2D eigenvalue weighted by Crippen LogP contribution is -2.49. The maximum Gasteiger partial charge on any atom is 0.430 e. The summed E-state index contributed by atoms with van der Waals surface area (Å²) < 4.78 is 59.9. The van der Waals surface area contributed by atoms with Crippen LogP contribution >= 0.6 is 0 Å². The third-order valence-electron chi connectivity index (χ3n) is 5.26. The van der Waals surface area contributed by atoms with Crippen molar-refractivity contribution in [1.82, 2.24) is 15.3 Å². The van der Waals surface area contributed by atoms with Gasteiger partial charge in [-0.2, -0.15) is 13.2 Å². The molecule has 1 amide bonds. The van der Waals surface area contributed by atoms with Crippen molar-refractivity contribution < 1.29 is 27.1 Å². The molecule has 1 unspecified atom stereocenters. The third-order valence-corrected chi connectivity index (χ3v) is 5.26. The van der Waals surface area contributed by atoms with Crippen LogP contribution in [0.2, 0.25) is 0 Å². The van der Waals surface area contributed by atoms with Crippen molar-refractivity contribution in [1.29, 1.82) is 0 Å². The summed E-state index contributed by atoms with van der Waals surface area (Å²) in [6.07, 6.45) is -8.68. The molecule has 0 radical (unpaired) electrons. The van der Waals surface area contributed by atoms with Gasteiger partial charge in [-0.1, -0.05) is 0 Å². The minimum Gasteiger partial charge on any atom is -0.431 e. The number of nitrogens with zero attached hydrogens (tertiary/aromatic N) is 3. The number of ether oxygens (including phenoxy) is 1. The van der Waals surface area contributed by atoms with Gasteiger partial charge in [0.15, 0.2) is 0 Å². The monoisotopic (exact) mass is 439 g/mol. The van der Waals surface area contributed by atoms with Crippen LogP contribution in [0.3, 0.4) is 0 Å². The van der Waals surface area contributed by atoms with Crippen molar-refractivity contribution in [3.63, 3.8) is 0 Å². The zero-order chi connectivity index (χ0) is 22.3. The van der Waals surface area contributed by atoms with Gasteiger partial charge in [0.2, 0.25) is 6.10 Å². The zero-order valence-electron chi connectivity index (χ0n) is 16.8. The molecule has 2 aliphatic rings. The molecular formula is C20H21F4N5O2. The van der Waals surface area contributed by atoms with E-state index in [9.17, 15) is 22.4 Å². The summed E-state index contributed by atoms with van der Waals surface area (Å²) in [5, 5.41) is 5.50. The van der Waals surface area contributed by atoms with Gasteiger partial charge in [-0.3, -0.25) is 5.32 Å². The van der Waals surface area contributed by atoms with E-state index in [0.717, 1.165) is 0 Å². The molecule has 4 rings (SSSR count). The van der Waals surface area contributed by atoms with Crippen LogP contribution in [0.15, 0.2) is 24.4 Å². The first-order chi connectivity index (χ1) is 14.6. The van der Waals surface area contributed by atoms with Gasteiger partial charge in [-0.15, -0.1) is 0 Å². The number of carbonyl (C=O) groups excluding carboxylic acids is 1. The number of cyclic esters (lactones) is 1. The molecule has 2 aliphatic heterocycles. The quantitative estimate of drug-likeness (QED) is 0.700. The highest BCUT2D eigenvalue weighted by Crippen LogP contribution is 2.45. The Hall–Kier alpha value is -2.95. The van der Waals surface area contributed by atoms with Crippen LogP contribution in [0.4, 0.5) is 34.0 Å². The average molecular weight is 439 g/mol. The van der Waals surface area contributed by atoms with E-state index in [-0.39, 0.29) is 28.7 Å². The first-order valence-electron chi connectivity index (χ1n) is 9.81. The summed E-state index contributed by atoms with van der Waals surface area (Å²) in [5.74, 6) is 0.217. The highest BCUT2D eigenvalue weighted by Gasteiger charge is 2.49. The van der Waals surface area contributed by atoms with Crippen LogP contribution in [-0.2, 0) is 4.74 Å². The number of anilines is 2. The van der Waals surface area contributed by atoms with E-state index in [0.29, 0.717) is 31.0 Å². The molecule has 0 spiro atoms. The predicted molar refractivity (Wildman–Crippen MR) is 106 cm³/mol. The number of fused-ring (bicyclic) bond motifs is 1. The van der Waals surface area contributed by atoms with E-state index >= 15 is 0 Å². The van der Waals surface area contributed by atoms with E-state index in [1.165, 1.54) is 25.3 Å². The van der Waals surface area contributed by atoms with Crippen molar-refractivity contribution >= 4 is 17.7 Å². The van der Waals surface area contributed by atoms with Gasteiger partial charge in [0.05, 0.1) is 11.3 Å². The van der Waals surface area contributed by atoms with Crippen molar-refractivity contribution in [2.75, 3.05) is 29.9 Å². The van der Waals surface area contributed by atoms with Gasteiger partial charge in [0.1, 0.15) is 17.8 Å². The van der Waals surface area contributed by atoms with E-state index < -0.39 is 24.5 Å². The molecule has 1 saturated heterocycles. The predicted octanol–water partition coefficient (Wildman–Crippen LogP) is 4.14. The Morgan fingerprint density at radius 3 is 2.77 bits per heavy atom. The number of nitrogens with one attached hydrogen (secondary N) is 2. The second-order valence-electron chi connectivity index (χ2n) is 7.63. The van der Waals surface area contributed by atoms with Crippen molar-refractivity contribution in [2.24, 2.45) is 0 Å². The Morgan fingerprint density at radius 1 is 1.32 bits per heavy atom. The topological polar surface area (TPSA) is 79.4 Å². The summed E-state index contributed by atoms with van der Waals surface area (Å²) in [4.78, 5) is 22.0. The van der Waals surface area contributed by atoms with E-state index in [1.807, 2.05) is 11.8 Å². The van der Waals surface area contributed by atoms with Gasteiger partial charge in [-0.25, -0.2) is 19.2 Å².